The molecule has 7 heteroatoms. The van der Waals surface area contributed by atoms with E-state index in [-0.39, 0.29) is 12.0 Å². The Balaban J connectivity index is 1.64. The fourth-order valence-corrected chi connectivity index (χ4v) is 2.94. The molecule has 132 valence electrons. The fourth-order valence-electron chi connectivity index (χ4n) is 2.78. The predicted molar refractivity (Wildman–Crippen MR) is 94.2 cm³/mol. The first-order valence-corrected chi connectivity index (χ1v) is 8.69. The molecule has 2 aromatic rings. The lowest BCUT2D eigenvalue weighted by Crippen LogP contribution is -2.44. The van der Waals surface area contributed by atoms with Crippen molar-refractivity contribution in [2.75, 3.05) is 19.7 Å². The number of ether oxygens (including phenoxy) is 2. The van der Waals surface area contributed by atoms with E-state index >= 15 is 0 Å². The SMILES string of the molecule is CCOc1ccc(C(=O)N2CCCC(Oc3ccncc3Cl)C2)cn1. The summed E-state index contributed by atoms with van der Waals surface area (Å²) in [6.45, 7) is 3.66. The van der Waals surface area contributed by atoms with Crippen LogP contribution in [0, 0.1) is 0 Å². The summed E-state index contributed by atoms with van der Waals surface area (Å²) in [5.41, 5.74) is 0.547. The molecule has 1 aliphatic rings. The largest absolute Gasteiger partial charge is 0.487 e. The first-order chi connectivity index (χ1) is 12.2. The van der Waals surface area contributed by atoms with E-state index in [9.17, 15) is 4.79 Å². The number of likely N-dealkylation sites (tertiary alicyclic amines) is 1. The lowest BCUT2D eigenvalue weighted by atomic mass is 10.1. The third kappa shape index (κ3) is 4.39. The zero-order valence-electron chi connectivity index (χ0n) is 14.0. The maximum Gasteiger partial charge on any atom is 0.255 e. The number of carbonyl (C=O) groups is 1. The van der Waals surface area contributed by atoms with Gasteiger partial charge < -0.3 is 14.4 Å². The quantitative estimate of drug-likeness (QED) is 0.818. The van der Waals surface area contributed by atoms with Crippen molar-refractivity contribution >= 4 is 17.5 Å². The molecule has 0 aromatic carbocycles. The zero-order chi connectivity index (χ0) is 17.6. The van der Waals surface area contributed by atoms with E-state index in [1.54, 1.807) is 41.7 Å². The molecule has 0 aliphatic carbocycles. The average Bonchev–Trinajstić information content (AvgIpc) is 2.64. The first kappa shape index (κ1) is 17.5. The van der Waals surface area contributed by atoms with Crippen LogP contribution in [0.1, 0.15) is 30.1 Å². The molecule has 1 amide bonds. The van der Waals surface area contributed by atoms with E-state index in [0.717, 1.165) is 12.8 Å². The van der Waals surface area contributed by atoms with Crippen LogP contribution in [0.5, 0.6) is 11.6 Å². The highest BCUT2D eigenvalue weighted by molar-refractivity contribution is 6.31. The number of pyridine rings is 2. The maximum absolute atomic E-state index is 12.7. The highest BCUT2D eigenvalue weighted by Gasteiger charge is 2.26. The molecule has 3 rings (SSSR count). The van der Waals surface area contributed by atoms with E-state index in [4.69, 9.17) is 21.1 Å². The van der Waals surface area contributed by atoms with Gasteiger partial charge in [-0.1, -0.05) is 11.6 Å². The Morgan fingerprint density at radius 3 is 2.96 bits per heavy atom. The summed E-state index contributed by atoms with van der Waals surface area (Å²) in [6, 6.07) is 5.19. The van der Waals surface area contributed by atoms with Crippen molar-refractivity contribution in [3.63, 3.8) is 0 Å². The van der Waals surface area contributed by atoms with Gasteiger partial charge in [0, 0.05) is 37.3 Å². The number of aromatic nitrogens is 2. The topological polar surface area (TPSA) is 64.5 Å². The van der Waals surface area contributed by atoms with Crippen LogP contribution in [0.15, 0.2) is 36.8 Å². The molecule has 0 saturated carbocycles. The average molecular weight is 362 g/mol. The van der Waals surface area contributed by atoms with Crippen molar-refractivity contribution < 1.29 is 14.3 Å². The summed E-state index contributed by atoms with van der Waals surface area (Å²) < 4.78 is 11.3. The van der Waals surface area contributed by atoms with Gasteiger partial charge in [-0.05, 0) is 25.8 Å². The molecule has 0 N–H and O–H groups in total. The van der Waals surface area contributed by atoms with E-state index in [1.165, 1.54) is 0 Å². The second kappa shape index (κ2) is 8.16. The number of piperidine rings is 1. The summed E-state index contributed by atoms with van der Waals surface area (Å²) in [6.07, 6.45) is 6.41. The molecule has 1 atom stereocenters. The van der Waals surface area contributed by atoms with Crippen molar-refractivity contribution in [3.05, 3.63) is 47.4 Å². The van der Waals surface area contributed by atoms with Crippen LogP contribution < -0.4 is 9.47 Å². The summed E-state index contributed by atoms with van der Waals surface area (Å²) in [4.78, 5) is 22.6. The van der Waals surface area contributed by atoms with Gasteiger partial charge in [-0.2, -0.15) is 0 Å². The minimum Gasteiger partial charge on any atom is -0.487 e. The molecule has 2 aromatic heterocycles. The molecule has 1 unspecified atom stereocenters. The normalized spacial score (nSPS) is 17.2. The molecule has 3 heterocycles. The first-order valence-electron chi connectivity index (χ1n) is 8.31. The molecule has 1 aliphatic heterocycles. The van der Waals surface area contributed by atoms with Crippen LogP contribution >= 0.6 is 11.6 Å². The number of hydrogen-bond acceptors (Lipinski definition) is 5. The van der Waals surface area contributed by atoms with Gasteiger partial charge in [0.15, 0.2) is 0 Å². The van der Waals surface area contributed by atoms with E-state index < -0.39 is 0 Å². The van der Waals surface area contributed by atoms with Gasteiger partial charge in [0.2, 0.25) is 5.88 Å². The number of amides is 1. The third-order valence-corrected chi connectivity index (χ3v) is 4.25. The van der Waals surface area contributed by atoms with Gasteiger partial charge in [0.25, 0.3) is 5.91 Å². The van der Waals surface area contributed by atoms with Gasteiger partial charge in [0.1, 0.15) is 16.9 Å². The second-order valence-corrected chi connectivity index (χ2v) is 6.16. The van der Waals surface area contributed by atoms with Crippen LogP contribution in [-0.4, -0.2) is 46.6 Å². The van der Waals surface area contributed by atoms with Crippen LogP contribution in [0.25, 0.3) is 0 Å². The minimum atomic E-state index is -0.0896. The Bertz CT molecular complexity index is 724. The molecule has 1 saturated heterocycles. The number of nitrogens with zero attached hydrogens (tertiary/aromatic N) is 3. The number of hydrogen-bond donors (Lipinski definition) is 0. The van der Waals surface area contributed by atoms with Crippen LogP contribution in [0.2, 0.25) is 5.02 Å². The van der Waals surface area contributed by atoms with Crippen LogP contribution in [-0.2, 0) is 0 Å². The minimum absolute atomic E-state index is 0.0512. The monoisotopic (exact) mass is 361 g/mol. The summed E-state index contributed by atoms with van der Waals surface area (Å²) in [5, 5.41) is 0.474. The molecule has 25 heavy (non-hydrogen) atoms. The Morgan fingerprint density at radius 2 is 2.24 bits per heavy atom. The van der Waals surface area contributed by atoms with E-state index in [1.807, 2.05) is 6.92 Å². The Morgan fingerprint density at radius 1 is 1.36 bits per heavy atom. The van der Waals surface area contributed by atoms with Crippen LogP contribution in [0.4, 0.5) is 0 Å². The summed E-state index contributed by atoms with van der Waals surface area (Å²) >= 11 is 6.09. The third-order valence-electron chi connectivity index (χ3n) is 3.97. The molecule has 6 nitrogen and oxygen atoms in total. The standard InChI is InChI=1S/C18H20ClN3O3/c1-2-24-17-6-5-13(10-21-17)18(23)22-9-3-4-14(12-22)25-16-7-8-20-11-15(16)19/h5-8,10-11,14H,2-4,9,12H2,1H3. The molecular weight excluding hydrogens is 342 g/mol. The lowest BCUT2D eigenvalue weighted by molar-refractivity contribution is 0.0537. The fraction of sp³-hybridized carbons (Fsp3) is 0.389. The predicted octanol–water partition coefficient (Wildman–Crippen LogP) is 3.21. The van der Waals surface area contributed by atoms with Gasteiger partial charge in [-0.15, -0.1) is 0 Å². The Hall–Kier alpha value is -2.34. The highest BCUT2D eigenvalue weighted by atomic mass is 35.5. The summed E-state index contributed by atoms with van der Waals surface area (Å²) in [7, 11) is 0. The number of carbonyl (C=O) groups excluding carboxylic acids is 1. The number of halogens is 1. The smallest absolute Gasteiger partial charge is 0.255 e. The molecule has 0 radical (unpaired) electrons. The summed E-state index contributed by atoms with van der Waals surface area (Å²) in [5.74, 6) is 1.06. The van der Waals surface area contributed by atoms with Gasteiger partial charge in [-0.25, -0.2) is 4.98 Å². The van der Waals surface area contributed by atoms with Gasteiger partial charge in [0.05, 0.1) is 18.7 Å². The molecular formula is C18H20ClN3O3. The highest BCUT2D eigenvalue weighted by Crippen LogP contribution is 2.26. The molecule has 1 fully saturated rings. The van der Waals surface area contributed by atoms with Crippen molar-refractivity contribution in [1.29, 1.82) is 0 Å². The van der Waals surface area contributed by atoms with Gasteiger partial charge in [-0.3, -0.25) is 9.78 Å². The van der Waals surface area contributed by atoms with Crippen molar-refractivity contribution in [2.45, 2.75) is 25.9 Å². The number of rotatable bonds is 5. The van der Waals surface area contributed by atoms with E-state index in [2.05, 4.69) is 9.97 Å². The zero-order valence-corrected chi connectivity index (χ0v) is 14.8. The molecule has 0 bridgehead atoms. The second-order valence-electron chi connectivity index (χ2n) is 5.76. The molecule has 0 spiro atoms. The maximum atomic E-state index is 12.7. The Kier molecular flexibility index (Phi) is 5.71. The van der Waals surface area contributed by atoms with Crippen molar-refractivity contribution in [3.8, 4) is 11.6 Å². The Labute approximate surface area is 151 Å². The van der Waals surface area contributed by atoms with Crippen LogP contribution in [0.3, 0.4) is 0 Å². The van der Waals surface area contributed by atoms with Crippen molar-refractivity contribution in [2.24, 2.45) is 0 Å². The van der Waals surface area contributed by atoms with E-state index in [0.29, 0.717) is 41.9 Å². The van der Waals surface area contributed by atoms with Crippen molar-refractivity contribution in [1.82, 2.24) is 14.9 Å². The lowest BCUT2D eigenvalue weighted by Gasteiger charge is -2.33. The van der Waals surface area contributed by atoms with Gasteiger partial charge >= 0.3 is 0 Å².